The topological polar surface area (TPSA) is 44.7 Å². The summed E-state index contributed by atoms with van der Waals surface area (Å²) in [5.41, 5.74) is 3.91. The number of rotatable bonds is 2. The number of hydrazine groups is 1. The van der Waals surface area contributed by atoms with E-state index in [2.05, 4.69) is 10.4 Å². The summed E-state index contributed by atoms with van der Waals surface area (Å²) in [5.74, 6) is 0.688. The van der Waals surface area contributed by atoms with Crippen molar-refractivity contribution < 1.29 is 4.79 Å². The maximum Gasteiger partial charge on any atom is 0.271 e. The zero-order valence-electron chi connectivity index (χ0n) is 8.77. The fourth-order valence-electron chi connectivity index (χ4n) is 1.52. The van der Waals surface area contributed by atoms with Crippen molar-refractivity contribution in [3.05, 3.63) is 30.3 Å². The molecule has 1 aromatic carbocycles. The van der Waals surface area contributed by atoms with Gasteiger partial charge in [-0.05, 0) is 26.0 Å². The molecule has 1 N–H and O–H groups in total. The zero-order chi connectivity index (χ0) is 10.8. The summed E-state index contributed by atoms with van der Waals surface area (Å²) in [6, 6.07) is 9.30. The lowest BCUT2D eigenvalue weighted by Crippen LogP contribution is -2.38. The van der Waals surface area contributed by atoms with E-state index in [4.69, 9.17) is 0 Å². The molecule has 78 valence electrons. The predicted molar refractivity (Wildman–Crippen MR) is 59.5 cm³/mol. The van der Waals surface area contributed by atoms with Gasteiger partial charge in [0.2, 0.25) is 0 Å². The van der Waals surface area contributed by atoms with Crippen LogP contribution in [-0.2, 0) is 4.79 Å². The molecule has 0 spiro atoms. The second-order valence-electron chi connectivity index (χ2n) is 3.50. The first-order valence-electron chi connectivity index (χ1n) is 4.88. The average Bonchev–Trinajstić information content (AvgIpc) is 2.47. The summed E-state index contributed by atoms with van der Waals surface area (Å²) in [5, 5.41) is 1.49. The lowest BCUT2D eigenvalue weighted by Gasteiger charge is -2.18. The Balaban J connectivity index is 2.14. The van der Waals surface area contributed by atoms with Crippen molar-refractivity contribution in [2.45, 2.75) is 19.9 Å². The van der Waals surface area contributed by atoms with Crippen molar-refractivity contribution in [1.29, 1.82) is 0 Å². The minimum atomic E-state index is -0.277. The van der Waals surface area contributed by atoms with E-state index in [-0.39, 0.29) is 11.9 Å². The fourth-order valence-corrected chi connectivity index (χ4v) is 1.52. The maximum absolute atomic E-state index is 11.7. The van der Waals surface area contributed by atoms with Gasteiger partial charge in [0.25, 0.3) is 5.91 Å². The van der Waals surface area contributed by atoms with E-state index in [9.17, 15) is 4.79 Å². The molecular weight excluding hydrogens is 190 g/mol. The summed E-state index contributed by atoms with van der Waals surface area (Å²) in [4.78, 5) is 15.8. The van der Waals surface area contributed by atoms with Gasteiger partial charge < -0.3 is 0 Å². The van der Waals surface area contributed by atoms with Crippen LogP contribution in [0.4, 0.5) is 5.69 Å². The predicted octanol–water partition coefficient (Wildman–Crippen LogP) is 1.66. The SMILES string of the molecule is CC1=N[C@@H](C)C(=O)N1Nc1ccccc1. The van der Waals surface area contributed by atoms with Crippen LogP contribution in [0.15, 0.2) is 35.3 Å². The van der Waals surface area contributed by atoms with Gasteiger partial charge in [-0.3, -0.25) is 15.2 Å². The average molecular weight is 203 g/mol. The monoisotopic (exact) mass is 203 g/mol. The largest absolute Gasteiger partial charge is 0.290 e. The Hall–Kier alpha value is -1.84. The summed E-state index contributed by atoms with van der Waals surface area (Å²) < 4.78 is 0. The highest BCUT2D eigenvalue weighted by Gasteiger charge is 2.28. The van der Waals surface area contributed by atoms with E-state index < -0.39 is 0 Å². The standard InChI is InChI=1S/C11H13N3O/c1-8-11(15)14(9(2)12-8)13-10-6-4-3-5-7-10/h3-8,13H,1-2H3/t8-/m0/s1. The van der Waals surface area contributed by atoms with Crippen LogP contribution in [0.5, 0.6) is 0 Å². The molecule has 4 nitrogen and oxygen atoms in total. The van der Waals surface area contributed by atoms with E-state index in [1.54, 1.807) is 6.92 Å². The first-order valence-corrected chi connectivity index (χ1v) is 4.88. The fraction of sp³-hybridized carbons (Fsp3) is 0.273. The molecule has 0 saturated carbocycles. The molecule has 0 fully saturated rings. The first kappa shape index (κ1) is 9.71. The number of amides is 1. The Kier molecular flexibility index (Phi) is 2.41. The van der Waals surface area contributed by atoms with Gasteiger partial charge in [0, 0.05) is 0 Å². The summed E-state index contributed by atoms with van der Waals surface area (Å²) >= 11 is 0. The smallest absolute Gasteiger partial charge is 0.271 e. The van der Waals surface area contributed by atoms with Crippen LogP contribution in [0.2, 0.25) is 0 Å². The lowest BCUT2D eigenvalue weighted by atomic mass is 10.3. The minimum Gasteiger partial charge on any atom is -0.290 e. The Bertz CT molecular complexity index is 400. The minimum absolute atomic E-state index is 0.0173. The highest BCUT2D eigenvalue weighted by Crippen LogP contribution is 2.13. The molecule has 0 aliphatic carbocycles. The molecule has 15 heavy (non-hydrogen) atoms. The van der Waals surface area contributed by atoms with Gasteiger partial charge in [0.1, 0.15) is 11.9 Å². The number of carbonyl (C=O) groups excluding carboxylic acids is 1. The van der Waals surface area contributed by atoms with Crippen molar-refractivity contribution in [3.63, 3.8) is 0 Å². The molecule has 1 heterocycles. The number of carbonyl (C=O) groups is 1. The lowest BCUT2D eigenvalue weighted by molar-refractivity contribution is -0.126. The van der Waals surface area contributed by atoms with E-state index in [0.29, 0.717) is 5.84 Å². The van der Waals surface area contributed by atoms with Crippen LogP contribution in [-0.4, -0.2) is 22.8 Å². The third-order valence-corrected chi connectivity index (χ3v) is 2.30. The van der Waals surface area contributed by atoms with Crippen molar-refractivity contribution in [3.8, 4) is 0 Å². The molecule has 1 amide bonds. The van der Waals surface area contributed by atoms with Crippen LogP contribution in [0, 0.1) is 0 Å². The molecule has 0 saturated heterocycles. The second kappa shape index (κ2) is 3.73. The number of nitrogens with one attached hydrogen (secondary N) is 1. The molecule has 0 unspecified atom stereocenters. The molecule has 2 rings (SSSR count). The Morgan fingerprint density at radius 1 is 1.33 bits per heavy atom. The van der Waals surface area contributed by atoms with E-state index in [1.165, 1.54) is 5.01 Å². The van der Waals surface area contributed by atoms with E-state index in [1.807, 2.05) is 37.3 Å². The molecule has 0 bridgehead atoms. The van der Waals surface area contributed by atoms with Gasteiger partial charge in [0.15, 0.2) is 0 Å². The van der Waals surface area contributed by atoms with Gasteiger partial charge in [0.05, 0.1) is 5.69 Å². The summed E-state index contributed by atoms with van der Waals surface area (Å²) in [7, 11) is 0. The number of hydrogen-bond acceptors (Lipinski definition) is 3. The van der Waals surface area contributed by atoms with E-state index in [0.717, 1.165) is 5.69 Å². The van der Waals surface area contributed by atoms with Crippen LogP contribution < -0.4 is 5.43 Å². The zero-order valence-corrected chi connectivity index (χ0v) is 8.77. The summed E-state index contributed by atoms with van der Waals surface area (Å²) in [6.07, 6.45) is 0. The Morgan fingerprint density at radius 3 is 2.53 bits per heavy atom. The summed E-state index contributed by atoms with van der Waals surface area (Å²) in [6.45, 7) is 3.61. The van der Waals surface area contributed by atoms with Crippen molar-refractivity contribution in [2.24, 2.45) is 4.99 Å². The molecule has 4 heteroatoms. The third kappa shape index (κ3) is 1.83. The number of aliphatic imine (C=N–C) groups is 1. The van der Waals surface area contributed by atoms with Crippen LogP contribution >= 0.6 is 0 Å². The van der Waals surface area contributed by atoms with Crippen LogP contribution in [0.25, 0.3) is 0 Å². The third-order valence-electron chi connectivity index (χ3n) is 2.30. The van der Waals surface area contributed by atoms with Crippen molar-refractivity contribution in [2.75, 3.05) is 5.43 Å². The number of amidine groups is 1. The molecule has 1 atom stereocenters. The van der Waals surface area contributed by atoms with Crippen LogP contribution in [0.3, 0.4) is 0 Å². The van der Waals surface area contributed by atoms with Gasteiger partial charge >= 0.3 is 0 Å². The quantitative estimate of drug-likeness (QED) is 0.794. The second-order valence-corrected chi connectivity index (χ2v) is 3.50. The number of anilines is 1. The maximum atomic E-state index is 11.7. The van der Waals surface area contributed by atoms with Gasteiger partial charge in [-0.15, -0.1) is 0 Å². The van der Waals surface area contributed by atoms with Gasteiger partial charge in [-0.25, -0.2) is 5.01 Å². The van der Waals surface area contributed by atoms with E-state index >= 15 is 0 Å². The molecule has 1 aromatic rings. The number of nitrogens with zero attached hydrogens (tertiary/aromatic N) is 2. The van der Waals surface area contributed by atoms with Crippen molar-refractivity contribution in [1.82, 2.24) is 5.01 Å². The highest BCUT2D eigenvalue weighted by atomic mass is 16.2. The molecule has 1 aliphatic rings. The Labute approximate surface area is 88.6 Å². The van der Waals surface area contributed by atoms with Crippen molar-refractivity contribution >= 4 is 17.4 Å². The van der Waals surface area contributed by atoms with Crippen LogP contribution in [0.1, 0.15) is 13.8 Å². The van der Waals surface area contributed by atoms with Gasteiger partial charge in [-0.2, -0.15) is 0 Å². The molecule has 0 radical (unpaired) electrons. The normalized spacial score (nSPS) is 20.4. The number of benzene rings is 1. The first-order chi connectivity index (χ1) is 7.18. The number of hydrogen-bond donors (Lipinski definition) is 1. The molecule has 1 aliphatic heterocycles. The molecular formula is C11H13N3O. The highest BCUT2D eigenvalue weighted by molar-refractivity contribution is 6.05. The van der Waals surface area contributed by atoms with Gasteiger partial charge in [-0.1, -0.05) is 18.2 Å². The Morgan fingerprint density at radius 2 is 2.00 bits per heavy atom. The molecule has 0 aromatic heterocycles. The number of para-hydroxylation sites is 1.